The molecule has 0 N–H and O–H groups in total. The van der Waals surface area contributed by atoms with Crippen molar-refractivity contribution in [1.29, 1.82) is 0 Å². The summed E-state index contributed by atoms with van der Waals surface area (Å²) in [5.41, 5.74) is 0.875. The van der Waals surface area contributed by atoms with Gasteiger partial charge in [0.2, 0.25) is 5.91 Å². The largest absolute Gasteiger partial charge is 0.343 e. The summed E-state index contributed by atoms with van der Waals surface area (Å²) < 4.78 is 0. The molecule has 5 heteroatoms. The monoisotopic (exact) mass is 267 g/mol. The van der Waals surface area contributed by atoms with Crippen molar-refractivity contribution < 1.29 is 4.79 Å². The van der Waals surface area contributed by atoms with Crippen LogP contribution in [-0.2, 0) is 11.2 Å². The Morgan fingerprint density at radius 2 is 2.17 bits per heavy atom. The van der Waals surface area contributed by atoms with Crippen molar-refractivity contribution in [3.05, 3.63) is 23.2 Å². The van der Waals surface area contributed by atoms with Gasteiger partial charge in [-0.1, -0.05) is 11.6 Å². The van der Waals surface area contributed by atoms with Crippen LogP contribution in [0.3, 0.4) is 0 Å². The van der Waals surface area contributed by atoms with E-state index in [9.17, 15) is 4.79 Å². The lowest BCUT2D eigenvalue weighted by molar-refractivity contribution is -0.128. The maximum atomic E-state index is 11.4. The van der Waals surface area contributed by atoms with E-state index in [1.54, 1.807) is 19.3 Å². The molecule has 1 atom stereocenters. The van der Waals surface area contributed by atoms with Crippen LogP contribution >= 0.6 is 11.6 Å². The van der Waals surface area contributed by atoms with Crippen LogP contribution in [0.4, 0.5) is 0 Å². The molecule has 2 rings (SSSR count). The molecular weight excluding hydrogens is 250 g/mol. The molecule has 4 nitrogen and oxygen atoms in total. The molecule has 0 bridgehead atoms. The van der Waals surface area contributed by atoms with Gasteiger partial charge in [0.15, 0.2) is 0 Å². The summed E-state index contributed by atoms with van der Waals surface area (Å²) in [7, 11) is 0. The maximum Gasteiger partial charge on any atom is 0.219 e. The van der Waals surface area contributed by atoms with Gasteiger partial charge in [-0.05, 0) is 31.6 Å². The molecule has 0 spiro atoms. The fourth-order valence-electron chi connectivity index (χ4n) is 2.44. The third-order valence-corrected chi connectivity index (χ3v) is 3.81. The Labute approximate surface area is 112 Å². The molecule has 0 aromatic carbocycles. The fraction of sp³-hybridized carbons (Fsp3) is 0.615. The molecule has 1 fully saturated rings. The molecule has 1 aromatic heterocycles. The third-order valence-electron chi connectivity index (χ3n) is 3.50. The zero-order valence-corrected chi connectivity index (χ0v) is 11.4. The highest BCUT2D eigenvalue weighted by atomic mass is 35.5. The molecule has 0 saturated carbocycles. The molecule has 1 aliphatic heterocycles. The number of aromatic nitrogens is 2. The normalized spacial score (nSPS) is 20.6. The molecule has 0 radical (unpaired) electrons. The molecule has 1 amide bonds. The lowest BCUT2D eigenvalue weighted by Crippen LogP contribution is -2.29. The summed E-state index contributed by atoms with van der Waals surface area (Å²) >= 11 is 6.03. The van der Waals surface area contributed by atoms with E-state index < -0.39 is 0 Å². The summed E-state index contributed by atoms with van der Waals surface area (Å²) in [5.74, 6) is 0.719. The topological polar surface area (TPSA) is 46.1 Å². The van der Waals surface area contributed by atoms with Gasteiger partial charge in [0.1, 0.15) is 5.15 Å². The number of carbonyl (C=O) groups is 1. The van der Waals surface area contributed by atoms with Crippen molar-refractivity contribution in [3.63, 3.8) is 0 Å². The summed E-state index contributed by atoms with van der Waals surface area (Å²) in [4.78, 5) is 21.6. The Morgan fingerprint density at radius 1 is 1.39 bits per heavy atom. The van der Waals surface area contributed by atoms with Crippen LogP contribution in [-0.4, -0.2) is 33.9 Å². The molecular formula is C13H18ClN3O. The van der Waals surface area contributed by atoms with Crippen LogP contribution in [0.5, 0.6) is 0 Å². The average molecular weight is 268 g/mol. The lowest BCUT2D eigenvalue weighted by Gasteiger charge is -2.18. The van der Waals surface area contributed by atoms with E-state index in [1.165, 1.54) is 0 Å². The number of halogens is 1. The first-order valence-corrected chi connectivity index (χ1v) is 6.75. The van der Waals surface area contributed by atoms with E-state index >= 15 is 0 Å². The van der Waals surface area contributed by atoms with Crippen molar-refractivity contribution in [2.45, 2.75) is 32.6 Å². The number of amides is 1. The first-order valence-electron chi connectivity index (χ1n) is 6.37. The molecule has 98 valence electrons. The van der Waals surface area contributed by atoms with Gasteiger partial charge in [-0.15, -0.1) is 0 Å². The van der Waals surface area contributed by atoms with Crippen molar-refractivity contribution in [1.82, 2.24) is 14.9 Å². The van der Waals surface area contributed by atoms with E-state index in [0.717, 1.165) is 44.5 Å². The number of likely N-dealkylation sites (tertiary alicyclic amines) is 1. The Bertz CT molecular complexity index is 424. The summed E-state index contributed by atoms with van der Waals surface area (Å²) in [6, 6.07) is 0. The second-order valence-corrected chi connectivity index (χ2v) is 5.16. The van der Waals surface area contributed by atoms with Crippen LogP contribution < -0.4 is 0 Å². The van der Waals surface area contributed by atoms with Gasteiger partial charge in [0.05, 0.1) is 5.69 Å². The minimum absolute atomic E-state index is 0.174. The van der Waals surface area contributed by atoms with Crippen LogP contribution in [0.25, 0.3) is 0 Å². The van der Waals surface area contributed by atoms with E-state index in [1.807, 2.05) is 4.90 Å². The highest BCUT2D eigenvalue weighted by Crippen LogP contribution is 2.23. The van der Waals surface area contributed by atoms with Gasteiger partial charge in [-0.3, -0.25) is 9.78 Å². The Hall–Kier alpha value is -1.16. The number of hydrogen-bond donors (Lipinski definition) is 0. The van der Waals surface area contributed by atoms with E-state index in [4.69, 9.17) is 11.6 Å². The average Bonchev–Trinajstić information content (AvgIpc) is 2.58. The molecule has 1 aromatic rings. The zero-order valence-electron chi connectivity index (χ0n) is 10.6. The predicted octanol–water partition coefficient (Wildman–Crippen LogP) is 2.32. The predicted molar refractivity (Wildman–Crippen MR) is 70.3 cm³/mol. The first kappa shape index (κ1) is 13.3. The van der Waals surface area contributed by atoms with Gasteiger partial charge in [-0.2, -0.15) is 0 Å². The number of rotatable bonds is 2. The lowest BCUT2D eigenvalue weighted by atomic mass is 9.95. The minimum atomic E-state index is 0.174. The van der Waals surface area contributed by atoms with E-state index in [2.05, 4.69) is 9.97 Å². The van der Waals surface area contributed by atoms with Crippen molar-refractivity contribution in [2.24, 2.45) is 5.92 Å². The van der Waals surface area contributed by atoms with Gasteiger partial charge in [0, 0.05) is 32.4 Å². The van der Waals surface area contributed by atoms with Crippen molar-refractivity contribution >= 4 is 17.5 Å². The highest BCUT2D eigenvalue weighted by Gasteiger charge is 2.20. The molecule has 18 heavy (non-hydrogen) atoms. The summed E-state index contributed by atoms with van der Waals surface area (Å²) in [5, 5.41) is 0.505. The molecule has 1 aliphatic rings. The first-order chi connectivity index (χ1) is 8.66. The molecule has 2 heterocycles. The number of hydrogen-bond acceptors (Lipinski definition) is 3. The second kappa shape index (κ2) is 6.14. The zero-order chi connectivity index (χ0) is 13.0. The smallest absolute Gasteiger partial charge is 0.219 e. The van der Waals surface area contributed by atoms with Crippen molar-refractivity contribution in [2.75, 3.05) is 13.1 Å². The van der Waals surface area contributed by atoms with Gasteiger partial charge in [0.25, 0.3) is 0 Å². The molecule has 1 saturated heterocycles. The van der Waals surface area contributed by atoms with Gasteiger partial charge < -0.3 is 4.90 Å². The highest BCUT2D eigenvalue weighted by molar-refractivity contribution is 6.29. The minimum Gasteiger partial charge on any atom is -0.343 e. The Balaban J connectivity index is 1.95. The third kappa shape index (κ3) is 3.42. The number of nitrogens with zero attached hydrogens (tertiary/aromatic N) is 3. The Morgan fingerprint density at radius 3 is 2.89 bits per heavy atom. The molecule has 0 unspecified atom stereocenters. The van der Waals surface area contributed by atoms with Gasteiger partial charge >= 0.3 is 0 Å². The second-order valence-electron chi connectivity index (χ2n) is 4.80. The summed E-state index contributed by atoms with van der Waals surface area (Å²) in [6.07, 6.45) is 7.35. The van der Waals surface area contributed by atoms with E-state index in [-0.39, 0.29) is 5.91 Å². The Kier molecular flexibility index (Phi) is 4.53. The molecule has 0 aliphatic carbocycles. The quantitative estimate of drug-likeness (QED) is 0.826. The standard InChI is InChI=1S/C13H18ClN3O/c1-10(18)17-7-2-3-11(4-8-17)9-12-13(14)16-6-5-15-12/h5-6,11H,2-4,7-9H2,1H3/t11-/m0/s1. The fourth-order valence-corrected chi connectivity index (χ4v) is 2.63. The number of carbonyl (C=O) groups excluding carboxylic acids is 1. The van der Waals surface area contributed by atoms with Crippen molar-refractivity contribution in [3.8, 4) is 0 Å². The van der Waals surface area contributed by atoms with E-state index in [0.29, 0.717) is 11.1 Å². The van der Waals surface area contributed by atoms with Crippen LogP contribution in [0.1, 0.15) is 31.9 Å². The van der Waals surface area contributed by atoms with Crippen LogP contribution in [0.15, 0.2) is 12.4 Å². The van der Waals surface area contributed by atoms with Gasteiger partial charge in [-0.25, -0.2) is 4.98 Å². The maximum absolute atomic E-state index is 11.4. The van der Waals surface area contributed by atoms with Crippen LogP contribution in [0.2, 0.25) is 5.15 Å². The SMILES string of the molecule is CC(=O)N1CCC[C@H](Cc2nccnc2Cl)CC1. The summed E-state index contributed by atoms with van der Waals surface area (Å²) in [6.45, 7) is 3.36. The van der Waals surface area contributed by atoms with Crippen LogP contribution in [0, 0.1) is 5.92 Å².